The molecule has 1 nitrogen and oxygen atoms in total. The van der Waals surface area contributed by atoms with Gasteiger partial charge >= 0.3 is 0 Å². The van der Waals surface area contributed by atoms with E-state index in [4.69, 9.17) is 4.74 Å². The monoisotopic (exact) mass is 198 g/mol. The Kier molecular flexibility index (Phi) is 6.12. The van der Waals surface area contributed by atoms with Crippen molar-refractivity contribution in [3.8, 4) is 0 Å². The minimum atomic E-state index is 0.100. The Labute approximate surface area is 89.0 Å². The quantitative estimate of drug-likeness (QED) is 0.487. The van der Waals surface area contributed by atoms with E-state index in [1.54, 1.807) is 0 Å². The van der Waals surface area contributed by atoms with Crippen LogP contribution in [-0.4, -0.2) is 26.8 Å². The Morgan fingerprint density at radius 2 is 2.23 bits per heavy atom. The highest BCUT2D eigenvalue weighted by molar-refractivity contribution is 6.37. The molecule has 2 heteroatoms. The first kappa shape index (κ1) is 11.6. The van der Waals surface area contributed by atoms with Crippen LogP contribution in [0.25, 0.3) is 0 Å². The summed E-state index contributed by atoms with van der Waals surface area (Å²) in [5.41, 5.74) is 0. The molecule has 0 N–H and O–H groups in total. The lowest BCUT2D eigenvalue weighted by Gasteiger charge is -2.21. The van der Waals surface area contributed by atoms with E-state index in [0.29, 0.717) is 0 Å². The lowest BCUT2D eigenvalue weighted by atomic mass is 10.1. The fourth-order valence-electron chi connectivity index (χ4n) is 1.96. The van der Waals surface area contributed by atoms with Gasteiger partial charge in [-0.25, -0.2) is 0 Å². The number of hydrogen-bond donors (Lipinski definition) is 0. The molecule has 1 rings (SSSR count). The first-order valence-corrected chi connectivity index (χ1v) is 7.72. The average Bonchev–Trinajstić information content (AvgIpc) is 2.14. The van der Waals surface area contributed by atoms with Gasteiger partial charge in [-0.15, -0.1) is 0 Å². The van der Waals surface area contributed by atoms with Crippen LogP contribution in [0.1, 0.15) is 46.0 Å². The molecule has 0 amide bonds. The van der Waals surface area contributed by atoms with Gasteiger partial charge in [0.2, 0.25) is 0 Å². The van der Waals surface area contributed by atoms with Crippen molar-refractivity contribution in [1.82, 2.24) is 0 Å². The minimum absolute atomic E-state index is 0.100. The molecule has 0 aromatic heterocycles. The third-order valence-corrected chi connectivity index (χ3v) is 5.03. The van der Waals surface area contributed by atoms with Crippen molar-refractivity contribution >= 4 is 15.2 Å². The van der Waals surface area contributed by atoms with E-state index in [1.807, 2.05) is 0 Å². The fourth-order valence-corrected chi connectivity index (χ4v) is 3.90. The zero-order chi connectivity index (χ0) is 9.52. The summed E-state index contributed by atoms with van der Waals surface area (Å²) in [5.74, 6) is 0.890. The fraction of sp³-hybridized carbons (Fsp3) is 1.00. The lowest BCUT2D eigenvalue weighted by molar-refractivity contribution is 0.0649. The standard InChI is InChI=1S/C6H13.C5H9O.Al.H/c1-4-5-6(2)3;1-2-4-6-5-3-1;;/h6H,1,4-5H2,2-3H3;4H,1-3,5H2;;. The Morgan fingerprint density at radius 1 is 1.38 bits per heavy atom. The van der Waals surface area contributed by atoms with Crippen LogP contribution < -0.4 is 0 Å². The summed E-state index contributed by atoms with van der Waals surface area (Å²) in [6.45, 7) is 5.68. The molecule has 1 heterocycles. The molecule has 1 aliphatic rings. The summed E-state index contributed by atoms with van der Waals surface area (Å²) in [4.78, 5) is 0.737. The topological polar surface area (TPSA) is 9.23 Å². The van der Waals surface area contributed by atoms with Crippen LogP contribution in [0.3, 0.4) is 0 Å². The van der Waals surface area contributed by atoms with Crippen LogP contribution in [0.2, 0.25) is 5.28 Å². The third-order valence-electron chi connectivity index (χ3n) is 2.83. The average molecular weight is 198 g/mol. The number of hydrogen-bond acceptors (Lipinski definition) is 1. The molecule has 0 bridgehead atoms. The first-order valence-electron chi connectivity index (χ1n) is 5.90. The molecule has 1 fully saturated rings. The van der Waals surface area contributed by atoms with Crippen LogP contribution in [0.15, 0.2) is 0 Å². The highest BCUT2D eigenvalue weighted by Crippen LogP contribution is 2.14. The van der Waals surface area contributed by atoms with E-state index in [-0.39, 0.29) is 15.2 Å². The van der Waals surface area contributed by atoms with Crippen LogP contribution in [-0.2, 0) is 4.74 Å². The van der Waals surface area contributed by atoms with E-state index >= 15 is 0 Å². The van der Waals surface area contributed by atoms with Gasteiger partial charge in [0.05, 0.1) is 0 Å². The first-order chi connectivity index (χ1) is 6.29. The maximum Gasteiger partial charge on any atom is 0.282 e. The predicted molar refractivity (Wildman–Crippen MR) is 59.6 cm³/mol. The zero-order valence-electron chi connectivity index (χ0n) is 9.22. The predicted octanol–water partition coefficient (Wildman–Crippen LogP) is 2.80. The number of ether oxygens (including phenoxy) is 1. The van der Waals surface area contributed by atoms with Crippen LogP contribution >= 0.6 is 0 Å². The molecule has 0 aromatic rings. The Morgan fingerprint density at radius 3 is 2.85 bits per heavy atom. The molecule has 13 heavy (non-hydrogen) atoms. The van der Waals surface area contributed by atoms with Gasteiger partial charge in [0.25, 0.3) is 15.2 Å². The van der Waals surface area contributed by atoms with Gasteiger partial charge in [0.15, 0.2) is 0 Å². The highest BCUT2D eigenvalue weighted by atomic mass is 27.1. The van der Waals surface area contributed by atoms with E-state index in [2.05, 4.69) is 13.8 Å². The summed E-state index contributed by atoms with van der Waals surface area (Å²) < 4.78 is 5.75. The van der Waals surface area contributed by atoms with Crippen molar-refractivity contribution in [2.24, 2.45) is 5.92 Å². The second-order valence-electron chi connectivity index (χ2n) is 4.67. The zero-order valence-corrected chi connectivity index (χ0v) is 10.6. The Balaban J connectivity index is 1.92. The second-order valence-corrected chi connectivity index (χ2v) is 6.86. The molecule has 0 saturated carbocycles. The van der Waals surface area contributed by atoms with Crippen LogP contribution in [0, 0.1) is 5.92 Å². The lowest BCUT2D eigenvalue weighted by Crippen LogP contribution is -2.25. The van der Waals surface area contributed by atoms with Gasteiger partial charge in [-0.05, 0) is 25.2 Å². The molecule has 0 aromatic carbocycles. The summed E-state index contributed by atoms with van der Waals surface area (Å²) in [6, 6.07) is 0. The van der Waals surface area contributed by atoms with Crippen molar-refractivity contribution in [2.75, 3.05) is 6.61 Å². The van der Waals surface area contributed by atoms with Crippen LogP contribution in [0.4, 0.5) is 0 Å². The van der Waals surface area contributed by atoms with Crippen molar-refractivity contribution in [3.63, 3.8) is 0 Å². The molecular weight excluding hydrogens is 175 g/mol. The van der Waals surface area contributed by atoms with Crippen molar-refractivity contribution < 1.29 is 4.74 Å². The molecule has 0 spiro atoms. The smallest absolute Gasteiger partial charge is 0.282 e. The van der Waals surface area contributed by atoms with E-state index in [9.17, 15) is 0 Å². The SMILES string of the molecule is CC(C)CC[CH2][AlH][CH]1CCCCO1. The van der Waals surface area contributed by atoms with Crippen molar-refractivity contribution in [2.45, 2.75) is 56.2 Å². The molecule has 1 aliphatic heterocycles. The maximum absolute atomic E-state index is 5.75. The third kappa shape index (κ3) is 5.73. The molecule has 1 unspecified atom stereocenters. The molecule has 76 valence electrons. The molecule has 1 saturated heterocycles. The molecule has 1 atom stereocenters. The van der Waals surface area contributed by atoms with Gasteiger partial charge < -0.3 is 4.74 Å². The van der Waals surface area contributed by atoms with Crippen molar-refractivity contribution in [3.05, 3.63) is 0 Å². The summed E-state index contributed by atoms with van der Waals surface area (Å²) in [6.07, 6.45) is 6.95. The van der Waals surface area contributed by atoms with Gasteiger partial charge in [0.1, 0.15) is 0 Å². The van der Waals surface area contributed by atoms with Gasteiger partial charge in [-0.1, -0.05) is 32.0 Å². The Bertz CT molecular complexity index is 119. The van der Waals surface area contributed by atoms with Crippen molar-refractivity contribution in [1.29, 1.82) is 0 Å². The summed E-state index contributed by atoms with van der Waals surface area (Å²) in [5, 5.41) is 1.50. The van der Waals surface area contributed by atoms with E-state index < -0.39 is 0 Å². The maximum atomic E-state index is 5.75. The normalized spacial score (nSPS) is 23.5. The van der Waals surface area contributed by atoms with Gasteiger partial charge in [-0.3, -0.25) is 0 Å². The molecular formula is C11H23AlO. The highest BCUT2D eigenvalue weighted by Gasteiger charge is 2.15. The van der Waals surface area contributed by atoms with Gasteiger partial charge in [0, 0.05) is 11.6 Å². The van der Waals surface area contributed by atoms with E-state index in [1.165, 1.54) is 37.4 Å². The summed E-state index contributed by atoms with van der Waals surface area (Å²) in [7, 11) is 0. The number of rotatable bonds is 5. The van der Waals surface area contributed by atoms with Gasteiger partial charge in [-0.2, -0.15) is 0 Å². The Hall–Kier alpha value is 0.492. The minimum Gasteiger partial charge on any atom is -0.394 e. The van der Waals surface area contributed by atoms with Crippen LogP contribution in [0.5, 0.6) is 0 Å². The molecule has 0 aliphatic carbocycles. The summed E-state index contributed by atoms with van der Waals surface area (Å²) >= 11 is 0.100. The molecule has 0 radical (unpaired) electrons. The second kappa shape index (κ2) is 6.87. The van der Waals surface area contributed by atoms with E-state index in [0.717, 1.165) is 17.5 Å². The largest absolute Gasteiger partial charge is 0.394 e.